The van der Waals surface area contributed by atoms with Gasteiger partial charge in [-0.3, -0.25) is 4.57 Å². The Morgan fingerprint density at radius 1 is 1.27 bits per heavy atom. The molecule has 0 fully saturated rings. The summed E-state index contributed by atoms with van der Waals surface area (Å²) in [4.78, 5) is 12.2. The molecular formula is C16H24ClO4P. The van der Waals surface area contributed by atoms with Gasteiger partial charge in [0, 0.05) is 5.30 Å². The van der Waals surface area contributed by atoms with Crippen molar-refractivity contribution in [2.45, 2.75) is 51.3 Å². The fraction of sp³-hybridized carbons (Fsp3) is 0.562. The van der Waals surface area contributed by atoms with Crippen LogP contribution < -0.4 is 5.30 Å². The van der Waals surface area contributed by atoms with Gasteiger partial charge in [0.2, 0.25) is 5.12 Å². The maximum absolute atomic E-state index is 13.3. The van der Waals surface area contributed by atoms with Gasteiger partial charge in [0.05, 0.1) is 6.61 Å². The number of esters is 1. The first-order valence-electron chi connectivity index (χ1n) is 7.37. The number of carbonyl (C=O) groups excluding carboxylic acids is 1. The molecule has 0 saturated carbocycles. The number of benzene rings is 1. The molecule has 0 saturated heterocycles. The Bertz CT molecular complexity index is 525. The molecule has 2 atom stereocenters. The molecule has 1 aromatic carbocycles. The number of hydrogen-bond acceptors (Lipinski definition) is 4. The molecule has 0 aromatic heterocycles. The van der Waals surface area contributed by atoms with E-state index < -0.39 is 24.1 Å². The van der Waals surface area contributed by atoms with Crippen molar-refractivity contribution >= 4 is 30.2 Å². The van der Waals surface area contributed by atoms with E-state index >= 15 is 0 Å². The highest BCUT2D eigenvalue weighted by molar-refractivity contribution is 7.70. The number of carbonyl (C=O) groups is 1. The Morgan fingerprint density at radius 3 is 2.36 bits per heavy atom. The van der Waals surface area contributed by atoms with Crippen molar-refractivity contribution in [2.75, 3.05) is 6.61 Å². The van der Waals surface area contributed by atoms with Crippen LogP contribution >= 0.6 is 19.0 Å². The zero-order valence-electron chi connectivity index (χ0n) is 13.5. The molecule has 1 aromatic rings. The number of hydrogen-bond donors (Lipinski definition) is 0. The van der Waals surface area contributed by atoms with Gasteiger partial charge in [-0.25, -0.2) is 4.79 Å². The molecule has 0 radical (unpaired) electrons. The molecular weight excluding hydrogens is 323 g/mol. The van der Waals surface area contributed by atoms with E-state index in [1.807, 2.05) is 6.92 Å². The first kappa shape index (κ1) is 19.2. The minimum absolute atomic E-state index is 0.286. The van der Waals surface area contributed by atoms with Crippen LogP contribution in [-0.2, 0) is 18.6 Å². The zero-order valence-corrected chi connectivity index (χ0v) is 15.2. The standard InChI is InChI=1S/C16H24ClO4P/c1-5-6-12-20-22(19,13-10-8-7-9-11-13)14(17)15(18)21-16(2,3)4/h7-11,14H,5-6,12H2,1-4H3. The fourth-order valence-corrected chi connectivity index (χ4v) is 4.15. The second-order valence-corrected chi connectivity index (χ2v) is 9.21. The lowest BCUT2D eigenvalue weighted by Crippen LogP contribution is -2.31. The van der Waals surface area contributed by atoms with Gasteiger partial charge in [0.25, 0.3) is 7.37 Å². The summed E-state index contributed by atoms with van der Waals surface area (Å²) in [5.74, 6) is -0.724. The first-order valence-corrected chi connectivity index (χ1v) is 9.50. The molecule has 0 bridgehead atoms. The molecule has 0 aliphatic heterocycles. The number of halogens is 1. The zero-order chi connectivity index (χ0) is 16.8. The van der Waals surface area contributed by atoms with E-state index in [0.717, 1.165) is 12.8 Å². The smallest absolute Gasteiger partial charge is 0.334 e. The summed E-state index contributed by atoms with van der Waals surface area (Å²) in [5.41, 5.74) is -0.699. The van der Waals surface area contributed by atoms with Gasteiger partial charge in [0.15, 0.2) is 0 Å². The molecule has 0 aliphatic carbocycles. The molecule has 0 heterocycles. The quantitative estimate of drug-likeness (QED) is 0.319. The van der Waals surface area contributed by atoms with E-state index in [2.05, 4.69) is 0 Å². The van der Waals surface area contributed by atoms with Crippen LogP contribution in [0.2, 0.25) is 0 Å². The largest absolute Gasteiger partial charge is 0.458 e. The van der Waals surface area contributed by atoms with Crippen molar-refractivity contribution in [1.29, 1.82) is 0 Å². The topological polar surface area (TPSA) is 52.6 Å². The third kappa shape index (κ3) is 5.42. The summed E-state index contributed by atoms with van der Waals surface area (Å²) in [5, 5.41) is -0.928. The van der Waals surface area contributed by atoms with Gasteiger partial charge in [-0.1, -0.05) is 43.1 Å². The van der Waals surface area contributed by atoms with Crippen molar-refractivity contribution in [3.8, 4) is 0 Å². The third-order valence-electron chi connectivity index (χ3n) is 2.80. The van der Waals surface area contributed by atoms with Crippen LogP contribution in [0.3, 0.4) is 0 Å². The average Bonchev–Trinajstić information content (AvgIpc) is 2.45. The Balaban J connectivity index is 3.04. The van der Waals surface area contributed by atoms with Gasteiger partial charge in [0.1, 0.15) is 5.60 Å². The molecule has 0 N–H and O–H groups in total. The van der Waals surface area contributed by atoms with E-state index in [0.29, 0.717) is 5.30 Å². The predicted octanol–water partition coefficient (Wildman–Crippen LogP) is 4.31. The highest BCUT2D eigenvalue weighted by Crippen LogP contribution is 2.53. The monoisotopic (exact) mass is 346 g/mol. The van der Waals surface area contributed by atoms with Crippen LogP contribution in [0.5, 0.6) is 0 Å². The summed E-state index contributed by atoms with van der Waals surface area (Å²) in [6.07, 6.45) is 1.64. The number of ether oxygens (including phenoxy) is 1. The van der Waals surface area contributed by atoms with E-state index in [1.165, 1.54) is 0 Å². The van der Waals surface area contributed by atoms with E-state index in [-0.39, 0.29) is 6.61 Å². The summed E-state index contributed by atoms with van der Waals surface area (Å²) >= 11 is 6.20. The van der Waals surface area contributed by atoms with Crippen molar-refractivity contribution in [3.05, 3.63) is 30.3 Å². The van der Waals surface area contributed by atoms with Crippen LogP contribution in [0.1, 0.15) is 40.5 Å². The van der Waals surface area contributed by atoms with E-state index in [1.54, 1.807) is 51.1 Å². The average molecular weight is 347 g/mol. The van der Waals surface area contributed by atoms with E-state index in [4.69, 9.17) is 20.9 Å². The van der Waals surface area contributed by atoms with Crippen LogP contribution in [0.15, 0.2) is 30.3 Å². The highest BCUT2D eigenvalue weighted by atomic mass is 35.5. The Labute approximate surface area is 137 Å². The normalized spacial score (nSPS) is 15.9. The van der Waals surface area contributed by atoms with Crippen molar-refractivity contribution in [2.24, 2.45) is 0 Å². The molecule has 4 nitrogen and oxygen atoms in total. The number of alkyl halides is 1. The van der Waals surface area contributed by atoms with E-state index in [9.17, 15) is 9.36 Å². The first-order chi connectivity index (χ1) is 10.2. The van der Waals surface area contributed by atoms with Crippen LogP contribution in [0.4, 0.5) is 0 Å². The predicted molar refractivity (Wildman–Crippen MR) is 90.0 cm³/mol. The summed E-state index contributed by atoms with van der Waals surface area (Å²) in [7, 11) is -3.54. The Morgan fingerprint density at radius 2 is 1.86 bits per heavy atom. The Hall–Kier alpha value is -0.830. The van der Waals surface area contributed by atoms with Crippen molar-refractivity contribution in [3.63, 3.8) is 0 Å². The second-order valence-electron chi connectivity index (χ2n) is 5.99. The minimum atomic E-state index is -3.54. The molecule has 1 rings (SSSR count). The summed E-state index contributed by atoms with van der Waals surface area (Å²) in [6.45, 7) is 7.50. The van der Waals surface area contributed by atoms with Crippen LogP contribution in [0, 0.1) is 0 Å². The van der Waals surface area contributed by atoms with Gasteiger partial charge in [-0.05, 0) is 39.3 Å². The lowest BCUT2D eigenvalue weighted by Gasteiger charge is -2.26. The molecule has 2 unspecified atom stereocenters. The van der Waals surface area contributed by atoms with Crippen LogP contribution in [0.25, 0.3) is 0 Å². The highest BCUT2D eigenvalue weighted by Gasteiger charge is 2.42. The second kappa shape index (κ2) is 8.14. The molecule has 124 valence electrons. The van der Waals surface area contributed by atoms with Gasteiger partial charge in [-0.15, -0.1) is 0 Å². The lowest BCUT2D eigenvalue weighted by atomic mass is 10.2. The van der Waals surface area contributed by atoms with Gasteiger partial charge >= 0.3 is 5.97 Å². The molecule has 22 heavy (non-hydrogen) atoms. The van der Waals surface area contributed by atoms with Gasteiger partial charge in [-0.2, -0.15) is 0 Å². The molecule has 0 spiro atoms. The molecule has 0 amide bonds. The fourth-order valence-electron chi connectivity index (χ4n) is 1.74. The lowest BCUT2D eigenvalue weighted by molar-refractivity contribution is -0.152. The summed E-state index contributed by atoms with van der Waals surface area (Å²) in [6, 6.07) is 8.60. The molecule has 0 aliphatic rings. The van der Waals surface area contributed by atoms with Gasteiger partial charge < -0.3 is 9.26 Å². The maximum atomic E-state index is 13.3. The minimum Gasteiger partial charge on any atom is -0.458 e. The summed E-state index contributed by atoms with van der Waals surface area (Å²) < 4.78 is 24.1. The van der Waals surface area contributed by atoms with Crippen molar-refractivity contribution < 1.29 is 18.6 Å². The third-order valence-corrected chi connectivity index (χ3v) is 6.14. The van der Waals surface area contributed by atoms with Crippen molar-refractivity contribution in [1.82, 2.24) is 0 Å². The number of unbranched alkanes of at least 4 members (excludes halogenated alkanes) is 1. The van der Waals surface area contributed by atoms with Crippen LogP contribution in [-0.4, -0.2) is 23.3 Å². The maximum Gasteiger partial charge on any atom is 0.334 e. The Kier molecular flexibility index (Phi) is 7.11. The number of rotatable bonds is 7. The SMILES string of the molecule is CCCCOP(=O)(c1ccccc1)C(Cl)C(=O)OC(C)(C)C. The molecule has 6 heteroatoms.